The van der Waals surface area contributed by atoms with Crippen molar-refractivity contribution >= 4 is 17.3 Å². The maximum absolute atomic E-state index is 5.58. The lowest BCUT2D eigenvalue weighted by Gasteiger charge is -2.38. The Morgan fingerprint density at radius 3 is 2.90 bits per heavy atom. The van der Waals surface area contributed by atoms with Gasteiger partial charge >= 0.3 is 0 Å². The highest BCUT2D eigenvalue weighted by Gasteiger charge is 2.25. The zero-order valence-corrected chi connectivity index (χ0v) is 13.7. The second-order valence-electron chi connectivity index (χ2n) is 5.47. The Kier molecular flexibility index (Phi) is 6.48. The van der Waals surface area contributed by atoms with Crippen molar-refractivity contribution in [1.82, 2.24) is 15.1 Å². The van der Waals surface area contributed by atoms with E-state index in [4.69, 9.17) is 21.4 Å². The SMILES string of the molecule is COCCNC(=S)N(Cc1ccco1)C1CCN(C)CC1. The summed E-state index contributed by atoms with van der Waals surface area (Å²) in [6.45, 7) is 4.33. The minimum absolute atomic E-state index is 0.467. The molecule has 1 aliphatic heterocycles. The monoisotopic (exact) mass is 311 g/mol. The lowest BCUT2D eigenvalue weighted by molar-refractivity contribution is 0.162. The molecule has 2 rings (SSSR count). The van der Waals surface area contributed by atoms with E-state index in [1.165, 1.54) is 0 Å². The number of methoxy groups -OCH3 is 1. The standard InChI is InChI=1S/C15H25N3O2S/c1-17-8-5-13(6-9-17)18(12-14-4-3-10-20-14)15(21)16-7-11-19-2/h3-4,10,13H,5-9,11-12H2,1-2H3,(H,16,21). The molecule has 6 heteroatoms. The number of nitrogens with one attached hydrogen (secondary N) is 1. The normalized spacial score (nSPS) is 16.9. The van der Waals surface area contributed by atoms with Gasteiger partial charge in [0, 0.05) is 19.7 Å². The first-order valence-electron chi connectivity index (χ1n) is 7.45. The zero-order chi connectivity index (χ0) is 15.1. The molecule has 2 heterocycles. The van der Waals surface area contributed by atoms with Crippen LogP contribution in [0, 0.1) is 0 Å². The fourth-order valence-electron chi connectivity index (χ4n) is 2.61. The van der Waals surface area contributed by atoms with Crippen LogP contribution in [0.4, 0.5) is 0 Å². The molecule has 1 fully saturated rings. The predicted molar refractivity (Wildman–Crippen MR) is 87.2 cm³/mol. The van der Waals surface area contributed by atoms with Crippen molar-refractivity contribution in [2.45, 2.75) is 25.4 Å². The second kappa shape index (κ2) is 8.36. The summed E-state index contributed by atoms with van der Waals surface area (Å²) >= 11 is 5.58. The largest absolute Gasteiger partial charge is 0.467 e. The molecule has 0 aromatic carbocycles. The molecule has 1 N–H and O–H groups in total. The molecule has 0 bridgehead atoms. The van der Waals surface area contributed by atoms with Crippen LogP contribution in [-0.4, -0.2) is 61.4 Å². The minimum atomic E-state index is 0.467. The van der Waals surface area contributed by atoms with Crippen LogP contribution in [-0.2, 0) is 11.3 Å². The third-order valence-electron chi connectivity index (χ3n) is 3.88. The van der Waals surface area contributed by atoms with Crippen LogP contribution in [0.3, 0.4) is 0 Å². The number of nitrogens with zero attached hydrogens (tertiary/aromatic N) is 2. The van der Waals surface area contributed by atoms with Crippen molar-refractivity contribution in [1.29, 1.82) is 0 Å². The predicted octanol–water partition coefficient (Wildman–Crippen LogP) is 1.70. The molecule has 1 aromatic rings. The lowest BCUT2D eigenvalue weighted by Crippen LogP contribution is -2.50. The van der Waals surface area contributed by atoms with Gasteiger partial charge < -0.3 is 24.3 Å². The number of hydrogen-bond acceptors (Lipinski definition) is 4. The highest BCUT2D eigenvalue weighted by molar-refractivity contribution is 7.80. The fourth-order valence-corrected chi connectivity index (χ4v) is 2.92. The van der Waals surface area contributed by atoms with Gasteiger partial charge in [-0.1, -0.05) is 0 Å². The molecule has 0 radical (unpaired) electrons. The number of thiocarbonyl (C=S) groups is 1. The van der Waals surface area contributed by atoms with Crippen molar-refractivity contribution in [2.24, 2.45) is 0 Å². The third kappa shape index (κ3) is 4.98. The summed E-state index contributed by atoms with van der Waals surface area (Å²) in [4.78, 5) is 4.62. The van der Waals surface area contributed by atoms with Gasteiger partial charge in [0.1, 0.15) is 5.76 Å². The first kappa shape index (κ1) is 16.3. The molecule has 1 saturated heterocycles. The number of hydrogen-bond donors (Lipinski definition) is 1. The number of furan rings is 1. The maximum atomic E-state index is 5.58. The Morgan fingerprint density at radius 2 is 2.29 bits per heavy atom. The molecule has 0 saturated carbocycles. The molecule has 0 amide bonds. The summed E-state index contributed by atoms with van der Waals surface area (Å²) in [7, 11) is 3.87. The highest BCUT2D eigenvalue weighted by atomic mass is 32.1. The summed E-state index contributed by atoms with van der Waals surface area (Å²) in [6.07, 6.45) is 3.97. The first-order valence-corrected chi connectivity index (χ1v) is 7.86. The Morgan fingerprint density at radius 1 is 1.52 bits per heavy atom. The van der Waals surface area contributed by atoms with E-state index in [1.54, 1.807) is 13.4 Å². The quantitative estimate of drug-likeness (QED) is 0.637. The van der Waals surface area contributed by atoms with Crippen molar-refractivity contribution in [2.75, 3.05) is 40.4 Å². The average Bonchev–Trinajstić information content (AvgIpc) is 2.99. The summed E-state index contributed by atoms with van der Waals surface area (Å²) in [6, 6.07) is 4.39. The van der Waals surface area contributed by atoms with Crippen LogP contribution >= 0.6 is 12.2 Å². The Labute approximate surface area is 132 Å². The van der Waals surface area contributed by atoms with E-state index in [2.05, 4.69) is 22.2 Å². The van der Waals surface area contributed by atoms with E-state index in [9.17, 15) is 0 Å². The molecular weight excluding hydrogens is 286 g/mol. The van der Waals surface area contributed by atoms with E-state index in [-0.39, 0.29) is 0 Å². The fraction of sp³-hybridized carbons (Fsp3) is 0.667. The van der Waals surface area contributed by atoms with E-state index in [1.807, 2.05) is 12.1 Å². The molecule has 1 aromatic heterocycles. The molecule has 0 spiro atoms. The van der Waals surface area contributed by atoms with E-state index in [0.717, 1.165) is 49.9 Å². The van der Waals surface area contributed by atoms with Crippen LogP contribution in [0.1, 0.15) is 18.6 Å². The molecule has 1 aliphatic rings. The molecule has 0 unspecified atom stereocenters. The van der Waals surface area contributed by atoms with Gasteiger partial charge in [0.25, 0.3) is 0 Å². The smallest absolute Gasteiger partial charge is 0.169 e. The zero-order valence-electron chi connectivity index (χ0n) is 12.9. The van der Waals surface area contributed by atoms with Gasteiger partial charge in [-0.05, 0) is 57.3 Å². The number of piperidine rings is 1. The van der Waals surface area contributed by atoms with Gasteiger partial charge in [-0.2, -0.15) is 0 Å². The van der Waals surface area contributed by atoms with Gasteiger partial charge in [0.05, 0.1) is 19.4 Å². The number of rotatable bonds is 6. The van der Waals surface area contributed by atoms with Gasteiger partial charge in [0.2, 0.25) is 0 Å². The van der Waals surface area contributed by atoms with E-state index in [0.29, 0.717) is 12.6 Å². The van der Waals surface area contributed by atoms with Crippen molar-refractivity contribution in [3.05, 3.63) is 24.2 Å². The topological polar surface area (TPSA) is 40.9 Å². The third-order valence-corrected chi connectivity index (χ3v) is 4.26. The number of ether oxygens (including phenoxy) is 1. The molecule has 0 atom stereocenters. The molecule has 118 valence electrons. The molecule has 5 nitrogen and oxygen atoms in total. The van der Waals surface area contributed by atoms with Gasteiger partial charge in [0.15, 0.2) is 5.11 Å². The van der Waals surface area contributed by atoms with E-state index >= 15 is 0 Å². The van der Waals surface area contributed by atoms with Crippen LogP contribution in [0.5, 0.6) is 0 Å². The Hall–Kier alpha value is -1.11. The summed E-state index contributed by atoms with van der Waals surface area (Å²) in [5.41, 5.74) is 0. The van der Waals surface area contributed by atoms with Crippen LogP contribution in [0.2, 0.25) is 0 Å². The minimum Gasteiger partial charge on any atom is -0.467 e. The average molecular weight is 311 g/mol. The Bertz CT molecular complexity index is 417. The van der Waals surface area contributed by atoms with Gasteiger partial charge in [-0.25, -0.2) is 0 Å². The van der Waals surface area contributed by atoms with Gasteiger partial charge in [-0.15, -0.1) is 0 Å². The Balaban J connectivity index is 1.97. The maximum Gasteiger partial charge on any atom is 0.169 e. The summed E-state index contributed by atoms with van der Waals surface area (Å²) < 4.78 is 10.6. The number of likely N-dealkylation sites (tertiary alicyclic amines) is 1. The summed E-state index contributed by atoms with van der Waals surface area (Å²) in [5.74, 6) is 0.949. The van der Waals surface area contributed by atoms with Crippen molar-refractivity contribution < 1.29 is 9.15 Å². The first-order chi connectivity index (χ1) is 10.2. The molecular formula is C15H25N3O2S. The van der Waals surface area contributed by atoms with Crippen molar-refractivity contribution in [3.8, 4) is 0 Å². The molecule has 0 aliphatic carbocycles. The van der Waals surface area contributed by atoms with Crippen LogP contribution in [0.15, 0.2) is 22.8 Å². The van der Waals surface area contributed by atoms with E-state index < -0.39 is 0 Å². The van der Waals surface area contributed by atoms with Gasteiger partial charge in [-0.3, -0.25) is 0 Å². The van der Waals surface area contributed by atoms with Crippen LogP contribution < -0.4 is 5.32 Å². The highest BCUT2D eigenvalue weighted by Crippen LogP contribution is 2.19. The van der Waals surface area contributed by atoms with Crippen LogP contribution in [0.25, 0.3) is 0 Å². The second-order valence-corrected chi connectivity index (χ2v) is 5.85. The van der Waals surface area contributed by atoms with Crippen molar-refractivity contribution in [3.63, 3.8) is 0 Å². The lowest BCUT2D eigenvalue weighted by atomic mass is 10.0. The molecule has 21 heavy (non-hydrogen) atoms. The summed E-state index contributed by atoms with van der Waals surface area (Å²) in [5, 5.41) is 4.07.